The van der Waals surface area contributed by atoms with Gasteiger partial charge in [0.15, 0.2) is 0 Å². The van der Waals surface area contributed by atoms with Gasteiger partial charge in [-0.1, -0.05) is 6.07 Å². The van der Waals surface area contributed by atoms with Crippen LogP contribution in [0, 0.1) is 10.1 Å². The number of hydrogen-bond acceptors (Lipinski definition) is 7. The minimum absolute atomic E-state index is 0.106. The maximum Gasteiger partial charge on any atom is 0.335 e. The summed E-state index contributed by atoms with van der Waals surface area (Å²) >= 11 is 0. The average molecular weight is 425 g/mol. The number of non-ortho nitro benzene ring substituents is 1. The Hall–Kier alpha value is -4.54. The molecule has 4 amide bonds. The number of carboxylic acids is 1. The molecule has 0 aliphatic carbocycles. The van der Waals surface area contributed by atoms with Crippen molar-refractivity contribution in [1.82, 2.24) is 5.32 Å². The second kappa shape index (κ2) is 8.45. The molecule has 2 aromatic carbocycles. The molecule has 2 N–H and O–H groups in total. The number of rotatable bonds is 6. The first-order valence-corrected chi connectivity index (χ1v) is 8.89. The van der Waals surface area contributed by atoms with Crippen LogP contribution in [0.15, 0.2) is 48.0 Å². The highest BCUT2D eigenvalue weighted by atomic mass is 16.6. The Morgan fingerprint density at radius 3 is 2.61 bits per heavy atom. The normalized spacial score (nSPS) is 15.1. The quantitative estimate of drug-likeness (QED) is 0.309. The highest BCUT2D eigenvalue weighted by Gasteiger charge is 2.37. The number of nitrogens with zero attached hydrogens (tertiary/aromatic N) is 2. The van der Waals surface area contributed by atoms with Crippen LogP contribution in [0.1, 0.15) is 22.8 Å². The number of nitrogens with one attached hydrogen (secondary N) is 1. The first kappa shape index (κ1) is 21.2. The van der Waals surface area contributed by atoms with Gasteiger partial charge >= 0.3 is 12.0 Å². The van der Waals surface area contributed by atoms with Crippen LogP contribution in [-0.2, 0) is 9.59 Å². The van der Waals surface area contributed by atoms with E-state index in [-0.39, 0.29) is 34.9 Å². The minimum Gasteiger partial charge on any atom is -0.493 e. The molecule has 0 unspecified atom stereocenters. The Kier molecular flexibility index (Phi) is 5.77. The Bertz CT molecular complexity index is 1150. The molecule has 3 rings (SSSR count). The fourth-order valence-electron chi connectivity index (χ4n) is 2.87. The third-order valence-electron chi connectivity index (χ3n) is 4.26. The van der Waals surface area contributed by atoms with Gasteiger partial charge in [0.05, 0.1) is 22.8 Å². The van der Waals surface area contributed by atoms with Gasteiger partial charge in [-0.15, -0.1) is 0 Å². The monoisotopic (exact) mass is 425 g/mol. The number of amides is 4. The lowest BCUT2D eigenvalue weighted by atomic mass is 10.0. The first-order valence-electron chi connectivity index (χ1n) is 8.89. The summed E-state index contributed by atoms with van der Waals surface area (Å²) in [5.74, 6) is -3.03. The van der Waals surface area contributed by atoms with Crippen molar-refractivity contribution in [3.05, 3.63) is 69.3 Å². The Morgan fingerprint density at radius 2 is 1.97 bits per heavy atom. The molecule has 0 bridgehead atoms. The van der Waals surface area contributed by atoms with E-state index in [0.29, 0.717) is 4.90 Å². The van der Waals surface area contributed by atoms with E-state index in [1.165, 1.54) is 36.4 Å². The minimum atomic E-state index is -1.23. The average Bonchev–Trinajstić information content (AvgIpc) is 2.72. The number of hydrogen-bond donors (Lipinski definition) is 2. The summed E-state index contributed by atoms with van der Waals surface area (Å²) < 4.78 is 5.42. The van der Waals surface area contributed by atoms with E-state index < -0.39 is 34.3 Å². The number of aromatic carboxylic acids is 1. The zero-order valence-electron chi connectivity index (χ0n) is 16.0. The van der Waals surface area contributed by atoms with Crippen molar-refractivity contribution in [2.24, 2.45) is 0 Å². The van der Waals surface area contributed by atoms with Gasteiger partial charge in [0.1, 0.15) is 11.3 Å². The number of urea groups is 1. The van der Waals surface area contributed by atoms with E-state index in [2.05, 4.69) is 0 Å². The smallest absolute Gasteiger partial charge is 0.335 e. The number of nitro groups is 1. The molecule has 31 heavy (non-hydrogen) atoms. The molecule has 1 aliphatic heterocycles. The van der Waals surface area contributed by atoms with Crippen LogP contribution in [0.3, 0.4) is 0 Å². The number of anilines is 1. The number of imide groups is 2. The van der Waals surface area contributed by atoms with Crippen LogP contribution >= 0.6 is 0 Å². The third-order valence-corrected chi connectivity index (χ3v) is 4.26. The number of benzene rings is 2. The van der Waals surface area contributed by atoms with Crippen LogP contribution in [-0.4, -0.2) is 40.5 Å². The molecule has 1 fully saturated rings. The third kappa shape index (κ3) is 4.24. The van der Waals surface area contributed by atoms with Gasteiger partial charge in [-0.3, -0.25) is 25.0 Å². The molecule has 1 heterocycles. The molecular formula is C20H15N3O8. The molecule has 11 heteroatoms. The van der Waals surface area contributed by atoms with Crippen LogP contribution in [0.4, 0.5) is 16.2 Å². The van der Waals surface area contributed by atoms with Crippen molar-refractivity contribution >= 4 is 41.3 Å². The van der Waals surface area contributed by atoms with Gasteiger partial charge in [0, 0.05) is 17.7 Å². The van der Waals surface area contributed by atoms with Crippen molar-refractivity contribution in [2.45, 2.75) is 6.92 Å². The lowest BCUT2D eigenvalue weighted by molar-refractivity contribution is -0.384. The zero-order valence-corrected chi connectivity index (χ0v) is 16.0. The molecule has 1 saturated heterocycles. The van der Waals surface area contributed by atoms with E-state index in [4.69, 9.17) is 4.74 Å². The van der Waals surface area contributed by atoms with E-state index >= 15 is 0 Å². The summed E-state index contributed by atoms with van der Waals surface area (Å²) in [6, 6.07) is 7.62. The number of carbonyl (C=O) groups excluding carboxylic acids is 3. The molecule has 0 atom stereocenters. The molecule has 0 spiro atoms. The summed E-state index contributed by atoms with van der Waals surface area (Å²) in [6.45, 7) is 1.93. The molecule has 0 saturated carbocycles. The van der Waals surface area contributed by atoms with Crippen molar-refractivity contribution in [3.63, 3.8) is 0 Å². The van der Waals surface area contributed by atoms with E-state index in [9.17, 15) is 34.4 Å². The molecule has 11 nitrogen and oxygen atoms in total. The van der Waals surface area contributed by atoms with Crippen molar-refractivity contribution in [3.8, 4) is 5.75 Å². The predicted molar refractivity (Wildman–Crippen MR) is 107 cm³/mol. The second-order valence-electron chi connectivity index (χ2n) is 6.23. The number of barbiturate groups is 1. The lowest BCUT2D eigenvalue weighted by Gasteiger charge is -2.26. The molecular weight excluding hydrogens is 410 g/mol. The summed E-state index contributed by atoms with van der Waals surface area (Å²) in [5, 5.41) is 22.2. The van der Waals surface area contributed by atoms with Crippen LogP contribution in [0.2, 0.25) is 0 Å². The molecule has 0 radical (unpaired) electrons. The number of carbonyl (C=O) groups is 4. The second-order valence-corrected chi connectivity index (χ2v) is 6.23. The SMILES string of the molecule is CCOc1ccc(C(=O)O)cc1C=C1C(=O)NC(=O)N(c2cccc([N+](=O)[O-])c2)C1=O. The highest BCUT2D eigenvalue weighted by Crippen LogP contribution is 2.28. The summed E-state index contributed by atoms with van der Waals surface area (Å²) in [6.07, 6.45) is 1.10. The van der Waals surface area contributed by atoms with Crippen LogP contribution in [0.5, 0.6) is 5.75 Å². The summed E-state index contributed by atoms with van der Waals surface area (Å²) in [5.41, 5.74) is -0.915. The summed E-state index contributed by atoms with van der Waals surface area (Å²) in [7, 11) is 0. The van der Waals surface area contributed by atoms with Crippen molar-refractivity contribution < 1.29 is 33.9 Å². The topological polar surface area (TPSA) is 156 Å². The number of ether oxygens (including phenoxy) is 1. The van der Waals surface area contributed by atoms with E-state index in [1.54, 1.807) is 6.92 Å². The van der Waals surface area contributed by atoms with E-state index in [0.717, 1.165) is 12.1 Å². The van der Waals surface area contributed by atoms with Crippen LogP contribution in [0.25, 0.3) is 6.08 Å². The lowest BCUT2D eigenvalue weighted by Crippen LogP contribution is -2.54. The van der Waals surface area contributed by atoms with Gasteiger partial charge < -0.3 is 9.84 Å². The van der Waals surface area contributed by atoms with Gasteiger partial charge in [-0.05, 0) is 37.3 Å². The van der Waals surface area contributed by atoms with Gasteiger partial charge in [0.25, 0.3) is 17.5 Å². The van der Waals surface area contributed by atoms with E-state index in [1.807, 2.05) is 5.32 Å². The fraction of sp³-hybridized carbons (Fsp3) is 0.100. The number of carboxylic acid groups (broad SMARTS) is 1. The summed E-state index contributed by atoms with van der Waals surface area (Å²) in [4.78, 5) is 59.8. The Morgan fingerprint density at radius 1 is 1.23 bits per heavy atom. The van der Waals surface area contributed by atoms with Crippen molar-refractivity contribution in [1.29, 1.82) is 0 Å². The van der Waals surface area contributed by atoms with Crippen molar-refractivity contribution in [2.75, 3.05) is 11.5 Å². The highest BCUT2D eigenvalue weighted by molar-refractivity contribution is 6.39. The molecule has 1 aliphatic rings. The molecule has 0 aromatic heterocycles. The zero-order chi connectivity index (χ0) is 22.7. The van der Waals surface area contributed by atoms with Gasteiger partial charge in [-0.2, -0.15) is 0 Å². The standard InChI is InChI=1S/C20H15N3O8/c1-2-31-16-7-6-11(19(26)27)8-12(16)9-15-17(24)21-20(28)22(18(15)25)13-4-3-5-14(10-13)23(29)30/h3-10H,2H2,1H3,(H,26,27)(H,21,24,28). The predicted octanol–water partition coefficient (Wildman–Crippen LogP) is 2.36. The first-order chi connectivity index (χ1) is 14.7. The Balaban J connectivity index is 2.09. The van der Waals surface area contributed by atoms with Gasteiger partial charge in [-0.25, -0.2) is 14.5 Å². The van der Waals surface area contributed by atoms with Crippen LogP contribution < -0.4 is 15.0 Å². The Labute approximate surface area is 174 Å². The largest absolute Gasteiger partial charge is 0.493 e. The van der Waals surface area contributed by atoms with Gasteiger partial charge in [0.2, 0.25) is 0 Å². The molecule has 2 aromatic rings. The molecule has 158 valence electrons. The maximum absolute atomic E-state index is 13.0. The number of nitro benzene ring substituents is 1. The maximum atomic E-state index is 13.0. The fourth-order valence-corrected chi connectivity index (χ4v) is 2.87.